The number of rotatable bonds is 11. The minimum absolute atomic E-state index is 0.00545. The van der Waals surface area contributed by atoms with E-state index >= 15 is 0 Å². The van der Waals surface area contributed by atoms with Crippen LogP contribution in [0, 0.1) is 11.7 Å². The van der Waals surface area contributed by atoms with Gasteiger partial charge in [0.15, 0.2) is 0 Å². The number of nitrogens with zero attached hydrogens (tertiary/aromatic N) is 2. The van der Waals surface area contributed by atoms with Crippen molar-refractivity contribution in [3.63, 3.8) is 0 Å². The van der Waals surface area contributed by atoms with Crippen LogP contribution < -0.4 is 5.32 Å². The molecule has 178 valence electrons. The molecule has 0 bridgehead atoms. The average molecular weight is 448 g/mol. The summed E-state index contributed by atoms with van der Waals surface area (Å²) < 4.78 is 19.2. The highest BCUT2D eigenvalue weighted by Gasteiger charge is 2.28. The van der Waals surface area contributed by atoms with Crippen LogP contribution in [0.5, 0.6) is 0 Å². The number of benzene rings is 1. The molecule has 2 atom stereocenters. The summed E-state index contributed by atoms with van der Waals surface area (Å²) in [5.74, 6) is 0.0766. The monoisotopic (exact) mass is 447 g/mol. The summed E-state index contributed by atoms with van der Waals surface area (Å²) in [5.41, 5.74) is 1.15. The third kappa shape index (κ3) is 8.26. The Morgan fingerprint density at radius 1 is 1.03 bits per heavy atom. The molecule has 2 saturated heterocycles. The highest BCUT2D eigenvalue weighted by Crippen LogP contribution is 2.21. The third-order valence-electron chi connectivity index (χ3n) is 6.44. The fraction of sp³-hybridized carbons (Fsp3) is 0.680. The number of carbonyl (C=O) groups excluding carboxylic acids is 2. The topological polar surface area (TPSA) is 61.9 Å². The van der Waals surface area contributed by atoms with Gasteiger partial charge in [-0.1, -0.05) is 26.0 Å². The summed E-state index contributed by atoms with van der Waals surface area (Å²) in [5, 5.41) is 2.97. The van der Waals surface area contributed by atoms with Crippen molar-refractivity contribution in [1.82, 2.24) is 15.1 Å². The van der Waals surface area contributed by atoms with Crippen LogP contribution in [0.15, 0.2) is 24.3 Å². The molecule has 2 aliphatic rings. The molecule has 0 spiro atoms. The summed E-state index contributed by atoms with van der Waals surface area (Å²) >= 11 is 0. The predicted molar refractivity (Wildman–Crippen MR) is 123 cm³/mol. The lowest BCUT2D eigenvalue weighted by Crippen LogP contribution is -2.48. The molecule has 2 aliphatic heterocycles. The first kappa shape index (κ1) is 24.8. The standard InChI is InChI=1S/C25H38FN3O3/c1-19(2)24(30)4-3-5-25(31)27-16-22-10-11-23(32-22)18-29-14-12-28(13-15-29)17-20-6-8-21(26)9-7-20/h6-9,19,22-23H,3-5,10-18H2,1-2H3,(H,27,31). The number of hydrogen-bond acceptors (Lipinski definition) is 5. The summed E-state index contributed by atoms with van der Waals surface area (Å²) in [6.45, 7) is 10.2. The number of amides is 1. The second kappa shape index (κ2) is 12.4. The van der Waals surface area contributed by atoms with Crippen LogP contribution in [-0.2, 0) is 20.9 Å². The SMILES string of the molecule is CC(C)C(=O)CCCC(=O)NCC1CCC(CN2CCN(Cc3ccc(F)cc3)CC2)O1. The van der Waals surface area contributed by atoms with Gasteiger partial charge in [0.25, 0.3) is 0 Å². The third-order valence-corrected chi connectivity index (χ3v) is 6.44. The molecule has 3 rings (SSSR count). The van der Waals surface area contributed by atoms with Crippen molar-refractivity contribution in [2.45, 2.75) is 64.7 Å². The molecule has 32 heavy (non-hydrogen) atoms. The smallest absolute Gasteiger partial charge is 0.220 e. The lowest BCUT2D eigenvalue weighted by atomic mass is 10.0. The van der Waals surface area contributed by atoms with E-state index in [1.54, 1.807) is 0 Å². The number of halogens is 1. The summed E-state index contributed by atoms with van der Waals surface area (Å²) in [4.78, 5) is 28.5. The van der Waals surface area contributed by atoms with E-state index in [1.807, 2.05) is 26.0 Å². The highest BCUT2D eigenvalue weighted by molar-refractivity contribution is 5.81. The largest absolute Gasteiger partial charge is 0.372 e. The minimum atomic E-state index is -0.189. The maximum absolute atomic E-state index is 13.1. The number of nitrogens with one attached hydrogen (secondary N) is 1. The molecule has 0 saturated carbocycles. The number of piperazine rings is 1. The Kier molecular flexibility index (Phi) is 9.63. The molecular weight excluding hydrogens is 409 g/mol. The van der Waals surface area contributed by atoms with E-state index in [0.717, 1.165) is 57.7 Å². The zero-order valence-corrected chi connectivity index (χ0v) is 19.5. The van der Waals surface area contributed by atoms with Gasteiger partial charge in [0, 0.05) is 64.6 Å². The van der Waals surface area contributed by atoms with Gasteiger partial charge in [0.1, 0.15) is 11.6 Å². The van der Waals surface area contributed by atoms with Gasteiger partial charge in [-0.3, -0.25) is 19.4 Å². The van der Waals surface area contributed by atoms with E-state index in [0.29, 0.717) is 25.8 Å². The number of ketones is 1. The fourth-order valence-corrected chi connectivity index (χ4v) is 4.36. The second-order valence-electron chi connectivity index (χ2n) is 9.44. The quantitative estimate of drug-likeness (QED) is 0.565. The molecule has 1 aromatic carbocycles. The van der Waals surface area contributed by atoms with Crippen molar-refractivity contribution in [3.05, 3.63) is 35.6 Å². The number of Topliss-reactive ketones (excluding diaryl/α,β-unsaturated/α-hetero) is 1. The molecule has 7 heteroatoms. The maximum Gasteiger partial charge on any atom is 0.220 e. The lowest BCUT2D eigenvalue weighted by molar-refractivity contribution is -0.123. The van der Waals surface area contributed by atoms with Crippen molar-refractivity contribution >= 4 is 11.7 Å². The number of hydrogen-bond donors (Lipinski definition) is 1. The molecule has 1 aromatic rings. The molecule has 1 N–H and O–H groups in total. The van der Waals surface area contributed by atoms with Gasteiger partial charge in [-0.2, -0.15) is 0 Å². The highest BCUT2D eigenvalue weighted by atomic mass is 19.1. The molecule has 6 nitrogen and oxygen atoms in total. The van der Waals surface area contributed by atoms with Crippen LogP contribution in [0.25, 0.3) is 0 Å². The zero-order valence-electron chi connectivity index (χ0n) is 19.5. The summed E-state index contributed by atoms with van der Waals surface area (Å²) in [6, 6.07) is 6.77. The Hall–Kier alpha value is -1.83. The van der Waals surface area contributed by atoms with Crippen molar-refractivity contribution in [2.75, 3.05) is 39.3 Å². The first-order valence-electron chi connectivity index (χ1n) is 12.0. The molecule has 0 aromatic heterocycles. The van der Waals surface area contributed by atoms with Gasteiger partial charge in [0.2, 0.25) is 5.91 Å². The van der Waals surface area contributed by atoms with Gasteiger partial charge in [-0.15, -0.1) is 0 Å². The van der Waals surface area contributed by atoms with Crippen LogP contribution in [0.1, 0.15) is 51.5 Å². The van der Waals surface area contributed by atoms with Crippen LogP contribution >= 0.6 is 0 Å². The summed E-state index contributed by atoms with van der Waals surface area (Å²) in [7, 11) is 0. The molecule has 1 amide bonds. The van der Waals surface area contributed by atoms with Crippen molar-refractivity contribution < 1.29 is 18.7 Å². The minimum Gasteiger partial charge on any atom is -0.372 e. The van der Waals surface area contributed by atoms with E-state index in [-0.39, 0.29) is 35.6 Å². The molecule has 0 aliphatic carbocycles. The van der Waals surface area contributed by atoms with E-state index in [9.17, 15) is 14.0 Å². The Bertz CT molecular complexity index is 732. The van der Waals surface area contributed by atoms with Gasteiger partial charge in [0.05, 0.1) is 12.2 Å². The van der Waals surface area contributed by atoms with Crippen LogP contribution in [-0.4, -0.2) is 73.0 Å². The second-order valence-corrected chi connectivity index (χ2v) is 9.44. The fourth-order valence-electron chi connectivity index (χ4n) is 4.36. The first-order chi connectivity index (χ1) is 15.4. The normalized spacial score (nSPS) is 22.4. The molecule has 2 unspecified atom stereocenters. The Morgan fingerprint density at radius 2 is 1.69 bits per heavy atom. The van der Waals surface area contributed by atoms with Crippen LogP contribution in [0.4, 0.5) is 4.39 Å². The Labute approximate surface area is 191 Å². The van der Waals surface area contributed by atoms with E-state index in [4.69, 9.17) is 4.74 Å². The maximum atomic E-state index is 13.1. The Morgan fingerprint density at radius 3 is 2.38 bits per heavy atom. The van der Waals surface area contributed by atoms with Gasteiger partial charge in [-0.05, 0) is 37.0 Å². The van der Waals surface area contributed by atoms with E-state index in [2.05, 4.69) is 15.1 Å². The van der Waals surface area contributed by atoms with E-state index < -0.39 is 0 Å². The predicted octanol–water partition coefficient (Wildman–Crippen LogP) is 3.00. The van der Waals surface area contributed by atoms with E-state index in [1.165, 1.54) is 12.1 Å². The average Bonchev–Trinajstić information content (AvgIpc) is 3.22. The molecular formula is C25H38FN3O3. The number of carbonyl (C=O) groups is 2. The Balaban J connectivity index is 1.26. The van der Waals surface area contributed by atoms with Gasteiger partial charge in [-0.25, -0.2) is 4.39 Å². The molecule has 0 radical (unpaired) electrons. The van der Waals surface area contributed by atoms with Crippen LogP contribution in [0.3, 0.4) is 0 Å². The molecule has 2 fully saturated rings. The molecule has 2 heterocycles. The number of ether oxygens (including phenoxy) is 1. The van der Waals surface area contributed by atoms with Crippen molar-refractivity contribution in [3.8, 4) is 0 Å². The lowest BCUT2D eigenvalue weighted by Gasteiger charge is -2.35. The van der Waals surface area contributed by atoms with Crippen LogP contribution in [0.2, 0.25) is 0 Å². The van der Waals surface area contributed by atoms with Crippen molar-refractivity contribution in [2.24, 2.45) is 5.92 Å². The summed E-state index contributed by atoms with van der Waals surface area (Å²) in [6.07, 6.45) is 3.80. The first-order valence-corrected chi connectivity index (χ1v) is 12.0. The van der Waals surface area contributed by atoms with Gasteiger partial charge >= 0.3 is 0 Å². The van der Waals surface area contributed by atoms with Gasteiger partial charge < -0.3 is 10.1 Å². The van der Waals surface area contributed by atoms with Crippen molar-refractivity contribution in [1.29, 1.82) is 0 Å². The zero-order chi connectivity index (χ0) is 22.9.